The second-order valence-corrected chi connectivity index (χ2v) is 5.77. The standard InChI is InChI=1S/C16H23N3O3/c17-14-3-1-2-4-15(14)22-16(20)19-7-5-13(6-8-19)18-9-11-21-12-10-18/h1-4,13H,5-12,17H2. The van der Waals surface area contributed by atoms with Gasteiger partial charge in [0.2, 0.25) is 0 Å². The first-order valence-electron chi connectivity index (χ1n) is 7.87. The quantitative estimate of drug-likeness (QED) is 0.840. The van der Waals surface area contributed by atoms with Gasteiger partial charge in [0.1, 0.15) is 0 Å². The number of likely N-dealkylation sites (tertiary alicyclic amines) is 1. The number of para-hydroxylation sites is 2. The van der Waals surface area contributed by atoms with Crippen molar-refractivity contribution in [3.05, 3.63) is 24.3 Å². The van der Waals surface area contributed by atoms with Crippen LogP contribution in [0.3, 0.4) is 0 Å². The molecular weight excluding hydrogens is 282 g/mol. The lowest BCUT2D eigenvalue weighted by molar-refractivity contribution is 0.00235. The Morgan fingerprint density at radius 3 is 2.50 bits per heavy atom. The molecule has 2 aliphatic rings. The van der Waals surface area contributed by atoms with Crippen molar-refractivity contribution in [3.8, 4) is 5.75 Å². The Balaban J connectivity index is 1.50. The first-order valence-corrected chi connectivity index (χ1v) is 7.87. The molecule has 120 valence electrons. The number of morpholine rings is 1. The molecule has 0 aliphatic carbocycles. The van der Waals surface area contributed by atoms with Crippen LogP contribution in [0.15, 0.2) is 24.3 Å². The van der Waals surface area contributed by atoms with Crippen molar-refractivity contribution >= 4 is 11.8 Å². The van der Waals surface area contributed by atoms with Gasteiger partial charge in [-0.05, 0) is 25.0 Å². The molecule has 0 aromatic heterocycles. The molecule has 1 aromatic rings. The summed E-state index contributed by atoms with van der Waals surface area (Å²) in [5.41, 5.74) is 6.29. The number of carbonyl (C=O) groups is 1. The van der Waals surface area contributed by atoms with Gasteiger partial charge in [0.05, 0.1) is 18.9 Å². The summed E-state index contributed by atoms with van der Waals surface area (Å²) in [6.07, 6.45) is 1.66. The number of ether oxygens (including phenoxy) is 2. The van der Waals surface area contributed by atoms with E-state index in [0.29, 0.717) is 17.5 Å². The van der Waals surface area contributed by atoms with E-state index in [9.17, 15) is 4.79 Å². The summed E-state index contributed by atoms with van der Waals surface area (Å²) < 4.78 is 10.8. The predicted octanol–water partition coefficient (Wildman–Crippen LogP) is 1.56. The molecule has 3 rings (SSSR count). The van der Waals surface area contributed by atoms with Crippen molar-refractivity contribution < 1.29 is 14.3 Å². The summed E-state index contributed by atoms with van der Waals surface area (Å²) >= 11 is 0. The number of nitrogens with zero attached hydrogens (tertiary/aromatic N) is 2. The van der Waals surface area contributed by atoms with Gasteiger partial charge in [0.25, 0.3) is 0 Å². The van der Waals surface area contributed by atoms with Gasteiger partial charge in [-0.25, -0.2) is 4.79 Å². The van der Waals surface area contributed by atoms with Gasteiger partial charge in [-0.15, -0.1) is 0 Å². The van der Waals surface area contributed by atoms with Gasteiger partial charge >= 0.3 is 6.09 Å². The van der Waals surface area contributed by atoms with E-state index in [0.717, 1.165) is 52.2 Å². The first kappa shape index (κ1) is 15.1. The molecular formula is C16H23N3O3. The summed E-state index contributed by atoms with van der Waals surface area (Å²) in [6, 6.07) is 7.63. The maximum atomic E-state index is 12.2. The molecule has 1 amide bonds. The van der Waals surface area contributed by atoms with E-state index < -0.39 is 0 Å². The molecule has 1 aromatic carbocycles. The molecule has 6 nitrogen and oxygen atoms in total. The Morgan fingerprint density at radius 2 is 1.82 bits per heavy atom. The normalized spacial score (nSPS) is 20.8. The van der Waals surface area contributed by atoms with Crippen LogP contribution in [0.25, 0.3) is 0 Å². The average molecular weight is 305 g/mol. The summed E-state index contributed by atoms with van der Waals surface area (Å²) in [5.74, 6) is 0.433. The minimum absolute atomic E-state index is 0.307. The number of anilines is 1. The Hall–Kier alpha value is -1.79. The Bertz CT molecular complexity index is 509. The van der Waals surface area contributed by atoms with E-state index in [-0.39, 0.29) is 6.09 Å². The number of benzene rings is 1. The highest BCUT2D eigenvalue weighted by atomic mass is 16.6. The fraction of sp³-hybridized carbons (Fsp3) is 0.562. The van der Waals surface area contributed by atoms with Crippen LogP contribution >= 0.6 is 0 Å². The maximum absolute atomic E-state index is 12.2. The molecule has 22 heavy (non-hydrogen) atoms. The van der Waals surface area contributed by atoms with Crippen molar-refractivity contribution in [1.29, 1.82) is 0 Å². The van der Waals surface area contributed by atoms with Gasteiger partial charge in [-0.2, -0.15) is 0 Å². The van der Waals surface area contributed by atoms with Crippen LogP contribution < -0.4 is 10.5 Å². The zero-order chi connectivity index (χ0) is 15.4. The highest BCUT2D eigenvalue weighted by Crippen LogP contribution is 2.22. The smallest absolute Gasteiger partial charge is 0.408 e. The molecule has 0 unspecified atom stereocenters. The topological polar surface area (TPSA) is 68.0 Å². The van der Waals surface area contributed by atoms with Crippen molar-refractivity contribution in [2.45, 2.75) is 18.9 Å². The fourth-order valence-corrected chi connectivity index (χ4v) is 3.09. The van der Waals surface area contributed by atoms with E-state index in [2.05, 4.69) is 4.90 Å². The number of amides is 1. The molecule has 2 fully saturated rings. The average Bonchev–Trinajstić information content (AvgIpc) is 2.58. The molecule has 2 N–H and O–H groups in total. The zero-order valence-electron chi connectivity index (χ0n) is 12.7. The molecule has 0 atom stereocenters. The molecule has 2 aliphatic heterocycles. The number of hydrogen-bond acceptors (Lipinski definition) is 5. The van der Waals surface area contributed by atoms with E-state index in [1.54, 1.807) is 17.0 Å². The third kappa shape index (κ3) is 3.51. The molecule has 0 radical (unpaired) electrons. The van der Waals surface area contributed by atoms with Crippen LogP contribution in [0.5, 0.6) is 5.75 Å². The molecule has 0 saturated carbocycles. The third-order valence-electron chi connectivity index (χ3n) is 4.40. The summed E-state index contributed by atoms with van der Waals surface area (Å²) in [5, 5.41) is 0. The summed E-state index contributed by atoms with van der Waals surface area (Å²) in [6.45, 7) is 5.08. The minimum Gasteiger partial charge on any atom is -0.408 e. The van der Waals surface area contributed by atoms with E-state index in [4.69, 9.17) is 15.2 Å². The van der Waals surface area contributed by atoms with E-state index in [1.165, 1.54) is 0 Å². The number of hydrogen-bond donors (Lipinski definition) is 1. The molecule has 0 spiro atoms. The highest BCUT2D eigenvalue weighted by Gasteiger charge is 2.28. The highest BCUT2D eigenvalue weighted by molar-refractivity contribution is 5.73. The number of rotatable bonds is 2. The predicted molar refractivity (Wildman–Crippen MR) is 83.9 cm³/mol. The van der Waals surface area contributed by atoms with Gasteiger partial charge < -0.3 is 20.1 Å². The van der Waals surface area contributed by atoms with Crippen molar-refractivity contribution in [3.63, 3.8) is 0 Å². The number of carbonyl (C=O) groups excluding carboxylic acids is 1. The van der Waals surface area contributed by atoms with Gasteiger partial charge in [-0.1, -0.05) is 12.1 Å². The van der Waals surface area contributed by atoms with E-state index >= 15 is 0 Å². The Labute approximate surface area is 130 Å². The first-order chi connectivity index (χ1) is 10.7. The van der Waals surface area contributed by atoms with Gasteiger partial charge in [-0.3, -0.25) is 4.90 Å². The van der Waals surface area contributed by atoms with Crippen molar-refractivity contribution in [1.82, 2.24) is 9.80 Å². The zero-order valence-corrected chi connectivity index (χ0v) is 12.7. The number of nitrogens with two attached hydrogens (primary N) is 1. The van der Waals surface area contributed by atoms with E-state index in [1.807, 2.05) is 12.1 Å². The SMILES string of the molecule is Nc1ccccc1OC(=O)N1CCC(N2CCOCC2)CC1. The molecule has 6 heteroatoms. The third-order valence-corrected chi connectivity index (χ3v) is 4.40. The van der Waals surface area contributed by atoms with Crippen LogP contribution in [0, 0.1) is 0 Å². The van der Waals surface area contributed by atoms with Crippen LogP contribution in [-0.4, -0.2) is 61.3 Å². The summed E-state index contributed by atoms with van der Waals surface area (Å²) in [7, 11) is 0. The lowest BCUT2D eigenvalue weighted by atomic mass is 10.0. The monoisotopic (exact) mass is 305 g/mol. The maximum Gasteiger partial charge on any atom is 0.415 e. The van der Waals surface area contributed by atoms with Crippen molar-refractivity contribution in [2.24, 2.45) is 0 Å². The molecule has 2 saturated heterocycles. The second-order valence-electron chi connectivity index (χ2n) is 5.77. The lowest BCUT2D eigenvalue weighted by Gasteiger charge is -2.39. The largest absolute Gasteiger partial charge is 0.415 e. The second kappa shape index (κ2) is 6.98. The lowest BCUT2D eigenvalue weighted by Crippen LogP contribution is -2.50. The number of nitrogen functional groups attached to an aromatic ring is 1. The van der Waals surface area contributed by atoms with Crippen LogP contribution in [0.1, 0.15) is 12.8 Å². The number of piperidine rings is 1. The summed E-state index contributed by atoms with van der Waals surface area (Å²) in [4.78, 5) is 16.5. The van der Waals surface area contributed by atoms with Gasteiger partial charge in [0, 0.05) is 32.2 Å². The van der Waals surface area contributed by atoms with Crippen molar-refractivity contribution in [2.75, 3.05) is 45.1 Å². The van der Waals surface area contributed by atoms with Crippen LogP contribution in [0.4, 0.5) is 10.5 Å². The van der Waals surface area contributed by atoms with Crippen LogP contribution in [-0.2, 0) is 4.74 Å². The fourth-order valence-electron chi connectivity index (χ4n) is 3.09. The minimum atomic E-state index is -0.307. The van der Waals surface area contributed by atoms with Crippen LogP contribution in [0.2, 0.25) is 0 Å². The molecule has 0 bridgehead atoms. The molecule has 2 heterocycles. The Kier molecular flexibility index (Phi) is 4.80. The van der Waals surface area contributed by atoms with Gasteiger partial charge in [0.15, 0.2) is 5.75 Å². The Morgan fingerprint density at radius 1 is 1.14 bits per heavy atom.